The SMILES string of the molecule is C[C@@H](CO)CC(=O)C1CC(=O)c2c([nH]c(-c3ccncc3)c2Cc2ccccc2)C1. The van der Waals surface area contributed by atoms with Gasteiger partial charge >= 0.3 is 0 Å². The third-order valence-electron chi connectivity index (χ3n) is 5.85. The van der Waals surface area contributed by atoms with E-state index in [4.69, 9.17) is 0 Å². The number of carbonyl (C=O) groups excluding carboxylic acids is 2. The first-order valence-corrected chi connectivity index (χ1v) is 10.4. The Morgan fingerprint density at radius 2 is 1.90 bits per heavy atom. The molecular formula is C25H26N2O3. The molecule has 5 nitrogen and oxygen atoms in total. The standard InChI is InChI=1S/C25H26N2O3/c1-16(15-28)11-22(29)19-13-21-24(23(30)14-19)20(12-17-5-3-2-4-6-17)25(27-21)18-7-9-26-10-8-18/h2-10,16,19,27-28H,11-15H2,1H3/t16-,19?/m1/s1. The normalized spacial score (nSPS) is 16.9. The number of nitrogens with zero attached hydrogens (tertiary/aromatic N) is 1. The van der Waals surface area contributed by atoms with Gasteiger partial charge in [0.1, 0.15) is 5.78 Å². The number of aromatic nitrogens is 2. The van der Waals surface area contributed by atoms with Crippen molar-refractivity contribution in [3.8, 4) is 11.3 Å². The summed E-state index contributed by atoms with van der Waals surface area (Å²) >= 11 is 0. The van der Waals surface area contributed by atoms with Crippen LogP contribution >= 0.6 is 0 Å². The summed E-state index contributed by atoms with van der Waals surface area (Å²) < 4.78 is 0. The van der Waals surface area contributed by atoms with Crippen molar-refractivity contribution in [1.82, 2.24) is 9.97 Å². The first-order chi connectivity index (χ1) is 14.6. The number of rotatable bonds is 7. The van der Waals surface area contributed by atoms with E-state index in [2.05, 4.69) is 22.1 Å². The molecule has 2 heterocycles. The van der Waals surface area contributed by atoms with E-state index in [1.165, 1.54) is 0 Å². The zero-order valence-corrected chi connectivity index (χ0v) is 17.1. The van der Waals surface area contributed by atoms with Gasteiger partial charge in [-0.15, -0.1) is 0 Å². The predicted octanol–water partition coefficient (Wildman–Crippen LogP) is 4.00. The summed E-state index contributed by atoms with van der Waals surface area (Å²) in [4.78, 5) is 33.4. The fraction of sp³-hybridized carbons (Fsp3) is 0.320. The fourth-order valence-corrected chi connectivity index (χ4v) is 4.27. The van der Waals surface area contributed by atoms with E-state index in [9.17, 15) is 14.7 Å². The van der Waals surface area contributed by atoms with Crippen molar-refractivity contribution in [1.29, 1.82) is 0 Å². The maximum absolute atomic E-state index is 13.2. The van der Waals surface area contributed by atoms with Crippen LogP contribution in [0.3, 0.4) is 0 Å². The molecule has 4 rings (SSSR count). The molecule has 2 aromatic heterocycles. The summed E-state index contributed by atoms with van der Waals surface area (Å²) in [6, 6.07) is 14.0. The smallest absolute Gasteiger partial charge is 0.165 e. The fourth-order valence-electron chi connectivity index (χ4n) is 4.27. The Bertz CT molecular complexity index is 1040. The molecule has 1 unspecified atom stereocenters. The maximum atomic E-state index is 13.2. The molecule has 1 aliphatic rings. The van der Waals surface area contributed by atoms with E-state index < -0.39 is 0 Å². The minimum absolute atomic E-state index is 0.0203. The lowest BCUT2D eigenvalue weighted by atomic mass is 9.80. The van der Waals surface area contributed by atoms with Crippen molar-refractivity contribution in [2.45, 2.75) is 32.6 Å². The zero-order chi connectivity index (χ0) is 21.1. The number of benzene rings is 1. The largest absolute Gasteiger partial charge is 0.396 e. The number of nitrogens with one attached hydrogen (secondary N) is 1. The van der Waals surface area contributed by atoms with E-state index in [0.29, 0.717) is 19.3 Å². The Morgan fingerprint density at radius 3 is 2.60 bits per heavy atom. The third-order valence-corrected chi connectivity index (χ3v) is 5.85. The van der Waals surface area contributed by atoms with Crippen molar-refractivity contribution in [2.75, 3.05) is 6.61 Å². The van der Waals surface area contributed by atoms with Crippen LogP contribution in [-0.2, 0) is 17.6 Å². The van der Waals surface area contributed by atoms with Gasteiger partial charge in [-0.3, -0.25) is 14.6 Å². The van der Waals surface area contributed by atoms with Gasteiger partial charge in [0.2, 0.25) is 0 Å². The minimum atomic E-state index is -0.326. The van der Waals surface area contributed by atoms with Crippen LogP contribution in [-0.4, -0.2) is 33.2 Å². The van der Waals surface area contributed by atoms with E-state index >= 15 is 0 Å². The lowest BCUT2D eigenvalue weighted by Crippen LogP contribution is -2.28. The van der Waals surface area contributed by atoms with Crippen molar-refractivity contribution in [3.05, 3.63) is 77.2 Å². The van der Waals surface area contributed by atoms with Crippen molar-refractivity contribution in [3.63, 3.8) is 0 Å². The van der Waals surface area contributed by atoms with Crippen LogP contribution in [0.4, 0.5) is 0 Å². The predicted molar refractivity (Wildman–Crippen MR) is 115 cm³/mol. The number of ketones is 2. The maximum Gasteiger partial charge on any atom is 0.165 e. The Morgan fingerprint density at radius 1 is 1.17 bits per heavy atom. The number of pyridine rings is 1. The van der Waals surface area contributed by atoms with Gasteiger partial charge in [-0.2, -0.15) is 0 Å². The molecule has 30 heavy (non-hydrogen) atoms. The summed E-state index contributed by atoms with van der Waals surface area (Å²) in [5, 5.41) is 9.27. The molecule has 2 atom stereocenters. The second kappa shape index (κ2) is 8.76. The van der Waals surface area contributed by atoms with E-state index in [-0.39, 0.29) is 36.4 Å². The van der Waals surface area contributed by atoms with E-state index in [0.717, 1.165) is 33.6 Å². The minimum Gasteiger partial charge on any atom is -0.396 e. The Balaban J connectivity index is 1.72. The van der Waals surface area contributed by atoms with Crippen molar-refractivity contribution in [2.24, 2.45) is 11.8 Å². The molecular weight excluding hydrogens is 376 g/mol. The molecule has 0 radical (unpaired) electrons. The van der Waals surface area contributed by atoms with Gasteiger partial charge < -0.3 is 10.1 Å². The van der Waals surface area contributed by atoms with Crippen LogP contribution in [0.2, 0.25) is 0 Å². The third kappa shape index (κ3) is 4.12. The quantitative estimate of drug-likeness (QED) is 0.626. The monoisotopic (exact) mass is 402 g/mol. The summed E-state index contributed by atoms with van der Waals surface area (Å²) in [5.74, 6) is -0.333. The van der Waals surface area contributed by atoms with Crippen LogP contribution in [0.5, 0.6) is 0 Å². The molecule has 0 amide bonds. The van der Waals surface area contributed by atoms with Gasteiger partial charge in [0.05, 0.1) is 5.69 Å². The lowest BCUT2D eigenvalue weighted by Gasteiger charge is -2.22. The number of carbonyl (C=O) groups is 2. The van der Waals surface area contributed by atoms with Gasteiger partial charge in [0.15, 0.2) is 5.78 Å². The molecule has 0 spiro atoms. The molecule has 1 aliphatic carbocycles. The Kier molecular flexibility index (Phi) is 5.91. The molecule has 0 bridgehead atoms. The highest BCUT2D eigenvalue weighted by molar-refractivity contribution is 6.04. The number of hydrogen-bond donors (Lipinski definition) is 2. The summed E-state index contributed by atoms with van der Waals surface area (Å²) in [7, 11) is 0. The van der Waals surface area contributed by atoms with Gasteiger partial charge in [0, 0.05) is 61.0 Å². The number of Topliss-reactive ketones (excluding diaryl/α,β-unsaturated/α-hetero) is 2. The molecule has 3 aromatic rings. The zero-order valence-electron chi connectivity index (χ0n) is 17.1. The highest BCUT2D eigenvalue weighted by atomic mass is 16.3. The van der Waals surface area contributed by atoms with Crippen LogP contribution in [0.1, 0.15) is 46.9 Å². The molecule has 2 N–H and O–H groups in total. The first-order valence-electron chi connectivity index (χ1n) is 10.4. The van der Waals surface area contributed by atoms with Crippen molar-refractivity contribution >= 4 is 11.6 Å². The number of H-pyrrole nitrogens is 1. The second-order valence-corrected chi connectivity index (χ2v) is 8.22. The van der Waals surface area contributed by atoms with Crippen molar-refractivity contribution < 1.29 is 14.7 Å². The van der Waals surface area contributed by atoms with Crippen LogP contribution in [0.15, 0.2) is 54.9 Å². The summed E-state index contributed by atoms with van der Waals surface area (Å²) in [5.41, 5.74) is 5.62. The van der Waals surface area contributed by atoms with Gasteiger partial charge in [-0.1, -0.05) is 37.3 Å². The summed E-state index contributed by atoms with van der Waals surface area (Å²) in [6.07, 6.45) is 5.21. The first kappa shape index (κ1) is 20.2. The number of aliphatic hydroxyl groups is 1. The number of aliphatic hydroxyl groups excluding tert-OH is 1. The van der Waals surface area contributed by atoms with Gasteiger partial charge in [0.25, 0.3) is 0 Å². The molecule has 0 fully saturated rings. The molecule has 0 saturated heterocycles. The summed E-state index contributed by atoms with van der Waals surface area (Å²) in [6.45, 7) is 1.83. The van der Waals surface area contributed by atoms with E-state index in [1.807, 2.05) is 37.3 Å². The number of aromatic amines is 1. The molecule has 0 saturated carbocycles. The van der Waals surface area contributed by atoms with Crippen LogP contribution < -0.4 is 0 Å². The Hall–Kier alpha value is -3.05. The lowest BCUT2D eigenvalue weighted by molar-refractivity contribution is -0.124. The average Bonchev–Trinajstić information content (AvgIpc) is 3.13. The van der Waals surface area contributed by atoms with Crippen LogP contribution in [0.25, 0.3) is 11.3 Å². The molecule has 154 valence electrons. The average molecular weight is 402 g/mol. The molecule has 1 aromatic carbocycles. The number of fused-ring (bicyclic) bond motifs is 1. The van der Waals surface area contributed by atoms with Gasteiger partial charge in [-0.05, 0) is 35.6 Å². The number of hydrogen-bond acceptors (Lipinski definition) is 4. The highest BCUT2D eigenvalue weighted by Gasteiger charge is 2.34. The van der Waals surface area contributed by atoms with Crippen LogP contribution in [0, 0.1) is 11.8 Å². The van der Waals surface area contributed by atoms with Gasteiger partial charge in [-0.25, -0.2) is 0 Å². The topological polar surface area (TPSA) is 83.0 Å². The molecule has 0 aliphatic heterocycles. The van der Waals surface area contributed by atoms with E-state index in [1.54, 1.807) is 12.4 Å². The Labute approximate surface area is 176 Å². The second-order valence-electron chi connectivity index (χ2n) is 8.22. The highest BCUT2D eigenvalue weighted by Crippen LogP contribution is 2.36. The molecule has 5 heteroatoms.